The number of nitrogens with one attached hydrogen (secondary N) is 1. The zero-order valence-corrected chi connectivity index (χ0v) is 17.5. The Balaban J connectivity index is 1.28. The van der Waals surface area contributed by atoms with E-state index in [-0.39, 0.29) is 11.7 Å². The lowest BCUT2D eigenvalue weighted by molar-refractivity contribution is 0.0950. The standard InChI is InChI=1S/C25H22FN3O3/c1-17-22(13-19-8-9-20(26)14-23(19)29-17)25(30)28-16-18-7-10-24(27-15-18)32-12-11-31-21-5-3-2-4-6-21/h2-10,13-15H,11-12,16H2,1H3,(H,28,30). The van der Waals surface area contributed by atoms with Crippen molar-refractivity contribution in [3.05, 3.63) is 95.6 Å². The highest BCUT2D eigenvalue weighted by Gasteiger charge is 2.12. The maximum Gasteiger partial charge on any atom is 0.253 e. The molecule has 0 unspecified atom stereocenters. The van der Waals surface area contributed by atoms with Gasteiger partial charge in [-0.25, -0.2) is 9.37 Å². The van der Waals surface area contributed by atoms with Crippen LogP contribution in [0.25, 0.3) is 10.9 Å². The molecule has 0 saturated heterocycles. The first-order valence-electron chi connectivity index (χ1n) is 10.2. The molecule has 32 heavy (non-hydrogen) atoms. The number of carbonyl (C=O) groups excluding carboxylic acids is 1. The molecule has 0 aliphatic heterocycles. The van der Waals surface area contributed by atoms with Crippen LogP contribution < -0.4 is 14.8 Å². The molecule has 2 aromatic carbocycles. The molecule has 0 atom stereocenters. The second kappa shape index (κ2) is 9.87. The normalized spacial score (nSPS) is 10.7. The van der Waals surface area contributed by atoms with Gasteiger partial charge in [-0.05, 0) is 42.8 Å². The second-order valence-corrected chi connectivity index (χ2v) is 7.16. The first-order valence-corrected chi connectivity index (χ1v) is 10.2. The Morgan fingerprint density at radius 1 is 1.00 bits per heavy atom. The van der Waals surface area contributed by atoms with Gasteiger partial charge in [-0.15, -0.1) is 0 Å². The van der Waals surface area contributed by atoms with E-state index >= 15 is 0 Å². The highest BCUT2D eigenvalue weighted by Crippen LogP contribution is 2.18. The summed E-state index contributed by atoms with van der Waals surface area (Å²) in [6, 6.07) is 19.2. The van der Waals surface area contributed by atoms with Crippen molar-refractivity contribution < 1.29 is 18.7 Å². The fourth-order valence-corrected chi connectivity index (χ4v) is 3.17. The second-order valence-electron chi connectivity index (χ2n) is 7.16. The number of fused-ring (bicyclic) bond motifs is 1. The zero-order chi connectivity index (χ0) is 22.3. The van der Waals surface area contributed by atoms with Crippen LogP contribution in [0.15, 0.2) is 72.9 Å². The number of hydrogen-bond acceptors (Lipinski definition) is 5. The number of pyridine rings is 2. The number of para-hydroxylation sites is 1. The summed E-state index contributed by atoms with van der Waals surface area (Å²) in [6.45, 7) is 2.82. The van der Waals surface area contributed by atoms with E-state index in [2.05, 4.69) is 15.3 Å². The number of amides is 1. The van der Waals surface area contributed by atoms with Gasteiger partial charge in [0.25, 0.3) is 5.91 Å². The molecule has 162 valence electrons. The lowest BCUT2D eigenvalue weighted by Gasteiger charge is -2.10. The maximum absolute atomic E-state index is 13.4. The van der Waals surface area contributed by atoms with Crippen molar-refractivity contribution in [3.8, 4) is 11.6 Å². The highest BCUT2D eigenvalue weighted by atomic mass is 19.1. The van der Waals surface area contributed by atoms with E-state index in [1.54, 1.807) is 31.3 Å². The lowest BCUT2D eigenvalue weighted by Crippen LogP contribution is -2.24. The monoisotopic (exact) mass is 431 g/mol. The van der Waals surface area contributed by atoms with Gasteiger partial charge < -0.3 is 14.8 Å². The van der Waals surface area contributed by atoms with E-state index in [0.717, 1.165) is 11.3 Å². The van der Waals surface area contributed by atoms with Crippen LogP contribution in [-0.4, -0.2) is 29.1 Å². The fourth-order valence-electron chi connectivity index (χ4n) is 3.17. The van der Waals surface area contributed by atoms with Crippen molar-refractivity contribution >= 4 is 16.8 Å². The van der Waals surface area contributed by atoms with Crippen LogP contribution in [0, 0.1) is 12.7 Å². The molecule has 1 N–H and O–H groups in total. The molecular formula is C25H22FN3O3. The third-order valence-corrected chi connectivity index (χ3v) is 4.81. The number of nitrogens with zero attached hydrogens (tertiary/aromatic N) is 2. The van der Waals surface area contributed by atoms with Gasteiger partial charge in [-0.1, -0.05) is 24.3 Å². The average molecular weight is 431 g/mol. The molecule has 7 heteroatoms. The van der Waals surface area contributed by atoms with Crippen LogP contribution in [0.3, 0.4) is 0 Å². The van der Waals surface area contributed by atoms with Crippen molar-refractivity contribution in [3.63, 3.8) is 0 Å². The van der Waals surface area contributed by atoms with Gasteiger partial charge in [-0.2, -0.15) is 0 Å². The minimum Gasteiger partial charge on any atom is -0.490 e. The summed E-state index contributed by atoms with van der Waals surface area (Å²) in [6.07, 6.45) is 1.65. The predicted octanol–water partition coefficient (Wildman–Crippen LogP) is 4.47. The molecule has 0 aliphatic rings. The number of aromatic nitrogens is 2. The minimum atomic E-state index is -0.356. The Morgan fingerprint density at radius 3 is 2.59 bits per heavy atom. The minimum absolute atomic E-state index is 0.250. The van der Waals surface area contributed by atoms with Crippen molar-refractivity contribution in [2.75, 3.05) is 13.2 Å². The Labute approximate surface area is 185 Å². The number of halogens is 1. The first-order chi connectivity index (χ1) is 15.6. The number of ether oxygens (including phenoxy) is 2. The Bertz CT molecular complexity index is 1210. The van der Waals surface area contributed by atoms with Crippen molar-refractivity contribution in [2.24, 2.45) is 0 Å². The Morgan fingerprint density at radius 2 is 1.81 bits per heavy atom. The summed E-state index contributed by atoms with van der Waals surface area (Å²) < 4.78 is 24.5. The first kappa shape index (κ1) is 21.2. The van der Waals surface area contributed by atoms with E-state index in [0.29, 0.717) is 47.8 Å². The molecule has 2 aromatic heterocycles. The third kappa shape index (κ3) is 5.37. The number of rotatable bonds is 8. The average Bonchev–Trinajstić information content (AvgIpc) is 2.81. The van der Waals surface area contributed by atoms with E-state index in [4.69, 9.17) is 9.47 Å². The van der Waals surface area contributed by atoms with Crippen LogP contribution >= 0.6 is 0 Å². The van der Waals surface area contributed by atoms with Crippen LogP contribution in [0.2, 0.25) is 0 Å². The molecule has 0 bridgehead atoms. The van der Waals surface area contributed by atoms with Gasteiger partial charge in [0, 0.05) is 30.3 Å². The van der Waals surface area contributed by atoms with Crippen LogP contribution in [0.4, 0.5) is 4.39 Å². The molecule has 0 aliphatic carbocycles. The molecule has 0 spiro atoms. The van der Waals surface area contributed by atoms with Crippen molar-refractivity contribution in [1.82, 2.24) is 15.3 Å². The number of carbonyl (C=O) groups is 1. The number of benzene rings is 2. The Kier molecular flexibility index (Phi) is 6.55. The maximum atomic E-state index is 13.4. The quantitative estimate of drug-likeness (QED) is 0.417. The van der Waals surface area contributed by atoms with Gasteiger partial charge >= 0.3 is 0 Å². The van der Waals surface area contributed by atoms with Crippen molar-refractivity contribution in [2.45, 2.75) is 13.5 Å². The summed E-state index contributed by atoms with van der Waals surface area (Å²) in [5.41, 5.74) is 2.35. The van der Waals surface area contributed by atoms with E-state index < -0.39 is 0 Å². The van der Waals surface area contributed by atoms with E-state index in [1.165, 1.54) is 12.1 Å². The largest absolute Gasteiger partial charge is 0.490 e. The van der Waals surface area contributed by atoms with Gasteiger partial charge in [0.15, 0.2) is 0 Å². The summed E-state index contributed by atoms with van der Waals surface area (Å²) in [5.74, 6) is 0.669. The number of aryl methyl sites for hydroxylation is 1. The fraction of sp³-hybridized carbons (Fsp3) is 0.160. The van der Waals surface area contributed by atoms with Gasteiger partial charge in [0.05, 0.1) is 16.8 Å². The summed E-state index contributed by atoms with van der Waals surface area (Å²) in [5, 5.41) is 3.58. The van der Waals surface area contributed by atoms with Crippen LogP contribution in [0.1, 0.15) is 21.6 Å². The zero-order valence-electron chi connectivity index (χ0n) is 17.5. The molecule has 4 aromatic rings. The topological polar surface area (TPSA) is 73.3 Å². The summed E-state index contributed by atoms with van der Waals surface area (Å²) in [4.78, 5) is 21.2. The van der Waals surface area contributed by atoms with Gasteiger partial charge in [0.2, 0.25) is 5.88 Å². The van der Waals surface area contributed by atoms with Gasteiger partial charge in [0.1, 0.15) is 24.8 Å². The molecule has 1 amide bonds. The van der Waals surface area contributed by atoms with Gasteiger partial charge in [-0.3, -0.25) is 9.78 Å². The molecule has 2 heterocycles. The SMILES string of the molecule is Cc1nc2cc(F)ccc2cc1C(=O)NCc1ccc(OCCOc2ccccc2)nc1. The molecule has 4 rings (SSSR count). The molecule has 0 fully saturated rings. The molecule has 0 radical (unpaired) electrons. The van der Waals surface area contributed by atoms with Crippen LogP contribution in [-0.2, 0) is 6.54 Å². The molecular weight excluding hydrogens is 409 g/mol. The summed E-state index contributed by atoms with van der Waals surface area (Å²) >= 11 is 0. The lowest BCUT2D eigenvalue weighted by atomic mass is 10.1. The number of hydrogen-bond donors (Lipinski definition) is 1. The van der Waals surface area contributed by atoms with E-state index in [1.807, 2.05) is 36.4 Å². The smallest absolute Gasteiger partial charge is 0.253 e. The van der Waals surface area contributed by atoms with E-state index in [9.17, 15) is 9.18 Å². The molecule has 0 saturated carbocycles. The van der Waals surface area contributed by atoms with Crippen molar-refractivity contribution in [1.29, 1.82) is 0 Å². The van der Waals surface area contributed by atoms with Crippen LogP contribution in [0.5, 0.6) is 11.6 Å². The molecule has 6 nitrogen and oxygen atoms in total. The summed E-state index contributed by atoms with van der Waals surface area (Å²) in [7, 11) is 0. The Hall–Kier alpha value is -4.00. The third-order valence-electron chi connectivity index (χ3n) is 4.81. The predicted molar refractivity (Wildman–Crippen MR) is 119 cm³/mol. The highest BCUT2D eigenvalue weighted by molar-refractivity contribution is 5.98.